The van der Waals surface area contributed by atoms with E-state index < -0.39 is 0 Å². The second kappa shape index (κ2) is 3.92. The second-order valence-electron chi connectivity index (χ2n) is 3.75. The third kappa shape index (κ3) is 1.67. The number of para-hydroxylation sites is 2. The Morgan fingerprint density at radius 2 is 1.89 bits per heavy atom. The van der Waals surface area contributed by atoms with E-state index >= 15 is 0 Å². The van der Waals surface area contributed by atoms with Crippen molar-refractivity contribution in [1.29, 1.82) is 0 Å². The summed E-state index contributed by atoms with van der Waals surface area (Å²) in [4.78, 5) is 16.5. The molecule has 0 aliphatic carbocycles. The summed E-state index contributed by atoms with van der Waals surface area (Å²) >= 11 is 6.12. The molecule has 3 aromatic rings. The van der Waals surface area contributed by atoms with Crippen LogP contribution in [0.3, 0.4) is 0 Å². The van der Waals surface area contributed by atoms with E-state index in [-0.39, 0.29) is 5.95 Å². The second-order valence-corrected chi connectivity index (χ2v) is 4.08. The van der Waals surface area contributed by atoms with Gasteiger partial charge in [-0.25, -0.2) is 4.98 Å². The van der Waals surface area contributed by atoms with Crippen LogP contribution in [0.5, 0.6) is 0 Å². The summed E-state index contributed by atoms with van der Waals surface area (Å²) in [6, 6.07) is 7.55. The molecule has 3 rings (SSSR count). The molecule has 0 aliphatic heterocycles. The highest BCUT2D eigenvalue weighted by atomic mass is 35.5. The van der Waals surface area contributed by atoms with Crippen LogP contribution in [0.1, 0.15) is 5.82 Å². The molecule has 0 saturated heterocycles. The maximum atomic E-state index is 6.12. The Hall–Kier alpha value is -2.21. The van der Waals surface area contributed by atoms with E-state index in [0.717, 1.165) is 11.0 Å². The Labute approximate surface area is 107 Å². The van der Waals surface area contributed by atoms with E-state index in [4.69, 9.17) is 17.3 Å². The maximum absolute atomic E-state index is 6.12. The minimum Gasteiger partial charge on any atom is -0.368 e. The smallest absolute Gasteiger partial charge is 0.241 e. The minimum absolute atomic E-state index is 0.159. The molecule has 0 aliphatic rings. The molecule has 18 heavy (non-hydrogen) atoms. The number of nitrogens with two attached hydrogens (primary N) is 1. The van der Waals surface area contributed by atoms with Crippen molar-refractivity contribution in [1.82, 2.24) is 24.5 Å². The van der Waals surface area contributed by atoms with Gasteiger partial charge >= 0.3 is 0 Å². The van der Waals surface area contributed by atoms with Gasteiger partial charge in [-0.15, -0.1) is 0 Å². The van der Waals surface area contributed by atoms with Gasteiger partial charge in [0.1, 0.15) is 5.82 Å². The van der Waals surface area contributed by atoms with Crippen molar-refractivity contribution in [3.8, 4) is 5.95 Å². The van der Waals surface area contributed by atoms with Gasteiger partial charge in [0.05, 0.1) is 11.0 Å². The van der Waals surface area contributed by atoms with Gasteiger partial charge in [0.25, 0.3) is 0 Å². The summed E-state index contributed by atoms with van der Waals surface area (Å²) < 4.78 is 1.64. The first-order valence-corrected chi connectivity index (χ1v) is 5.64. The topological polar surface area (TPSA) is 82.5 Å². The molecule has 0 saturated carbocycles. The summed E-state index contributed by atoms with van der Waals surface area (Å²) in [5.74, 6) is 1.07. The van der Waals surface area contributed by atoms with Gasteiger partial charge in [-0.3, -0.25) is 4.57 Å². The number of halogens is 1. The minimum atomic E-state index is 0.159. The molecule has 1 aromatic carbocycles. The van der Waals surface area contributed by atoms with Crippen LogP contribution in [0.2, 0.25) is 5.28 Å². The fourth-order valence-corrected chi connectivity index (χ4v) is 2.03. The number of nitrogen functional groups attached to an aromatic ring is 1. The Kier molecular flexibility index (Phi) is 2.38. The van der Waals surface area contributed by atoms with E-state index in [1.54, 1.807) is 11.5 Å². The Balaban J connectivity index is 2.34. The lowest BCUT2D eigenvalue weighted by molar-refractivity contribution is 0.889. The molecule has 0 bridgehead atoms. The van der Waals surface area contributed by atoms with Crippen LogP contribution in [0, 0.1) is 6.92 Å². The molecule has 0 unspecified atom stereocenters. The average Bonchev–Trinajstić information content (AvgIpc) is 2.63. The average molecular weight is 261 g/mol. The Morgan fingerprint density at radius 3 is 2.67 bits per heavy atom. The molecule has 6 nitrogen and oxygen atoms in total. The number of anilines is 1. The molecule has 0 atom stereocenters. The Bertz CT molecular complexity index is 715. The zero-order valence-corrected chi connectivity index (χ0v) is 10.3. The molecule has 2 N–H and O–H groups in total. The van der Waals surface area contributed by atoms with Gasteiger partial charge in [-0.05, 0) is 30.7 Å². The number of imidazole rings is 1. The molecule has 90 valence electrons. The highest BCUT2D eigenvalue weighted by molar-refractivity contribution is 6.29. The quantitative estimate of drug-likeness (QED) is 0.721. The van der Waals surface area contributed by atoms with Gasteiger partial charge in [-0.2, -0.15) is 15.0 Å². The third-order valence-electron chi connectivity index (χ3n) is 2.47. The maximum Gasteiger partial charge on any atom is 0.241 e. The fourth-order valence-electron chi connectivity index (χ4n) is 1.77. The van der Waals surface area contributed by atoms with Crippen LogP contribution in [-0.2, 0) is 0 Å². The number of aryl methyl sites for hydroxylation is 1. The zero-order chi connectivity index (χ0) is 12.7. The van der Waals surface area contributed by atoms with E-state index in [9.17, 15) is 0 Å². The number of hydrogen-bond acceptors (Lipinski definition) is 5. The monoisotopic (exact) mass is 260 g/mol. The lowest BCUT2D eigenvalue weighted by Crippen LogP contribution is -2.07. The molecule has 0 amide bonds. The lowest BCUT2D eigenvalue weighted by atomic mass is 10.3. The van der Waals surface area contributed by atoms with Gasteiger partial charge in [0, 0.05) is 0 Å². The molecule has 2 aromatic heterocycles. The van der Waals surface area contributed by atoms with Crippen LogP contribution in [0.4, 0.5) is 5.95 Å². The highest BCUT2D eigenvalue weighted by Crippen LogP contribution is 2.22. The molecule has 2 heterocycles. The first kappa shape index (κ1) is 10.9. The summed E-state index contributed by atoms with van der Waals surface area (Å²) in [5.41, 5.74) is 7.22. The van der Waals surface area contributed by atoms with Crippen molar-refractivity contribution >= 4 is 28.6 Å². The van der Waals surface area contributed by atoms with Gasteiger partial charge in [-0.1, -0.05) is 12.1 Å². The van der Waals surface area contributed by atoms with Crippen molar-refractivity contribution in [3.05, 3.63) is 35.4 Å². The van der Waals surface area contributed by atoms with Crippen molar-refractivity contribution in [2.75, 3.05) is 5.73 Å². The lowest BCUT2D eigenvalue weighted by Gasteiger charge is -2.04. The molecule has 7 heteroatoms. The van der Waals surface area contributed by atoms with Crippen molar-refractivity contribution in [3.63, 3.8) is 0 Å². The summed E-state index contributed by atoms with van der Waals surface area (Å²) in [5, 5.41) is 0.293. The zero-order valence-electron chi connectivity index (χ0n) is 9.50. The summed E-state index contributed by atoms with van der Waals surface area (Å²) in [6.45, 7) is 1.74. The number of fused-ring (bicyclic) bond motifs is 1. The first-order valence-electron chi connectivity index (χ1n) is 5.26. The van der Waals surface area contributed by atoms with Crippen molar-refractivity contribution in [2.24, 2.45) is 0 Å². The van der Waals surface area contributed by atoms with Crippen molar-refractivity contribution < 1.29 is 0 Å². The van der Waals surface area contributed by atoms with Crippen LogP contribution in [-0.4, -0.2) is 24.5 Å². The SMILES string of the molecule is Cc1nc(N)nc(-n2c(Cl)nc3ccccc32)n1. The van der Waals surface area contributed by atoms with Crippen LogP contribution < -0.4 is 5.73 Å². The Morgan fingerprint density at radius 1 is 1.11 bits per heavy atom. The van der Waals surface area contributed by atoms with E-state index in [1.807, 2.05) is 24.3 Å². The van der Waals surface area contributed by atoms with Crippen molar-refractivity contribution in [2.45, 2.75) is 6.92 Å². The van der Waals surface area contributed by atoms with Crippen LogP contribution in [0.15, 0.2) is 24.3 Å². The number of rotatable bonds is 1. The number of benzene rings is 1. The summed E-state index contributed by atoms with van der Waals surface area (Å²) in [7, 11) is 0. The fraction of sp³-hybridized carbons (Fsp3) is 0.0909. The summed E-state index contributed by atoms with van der Waals surface area (Å²) in [6.07, 6.45) is 0. The van der Waals surface area contributed by atoms with Gasteiger partial charge < -0.3 is 5.73 Å². The molecule has 0 spiro atoms. The van der Waals surface area contributed by atoms with E-state index in [1.165, 1.54) is 0 Å². The highest BCUT2D eigenvalue weighted by Gasteiger charge is 2.13. The third-order valence-corrected chi connectivity index (χ3v) is 2.73. The van der Waals surface area contributed by atoms with Crippen LogP contribution >= 0.6 is 11.6 Å². The predicted molar refractivity (Wildman–Crippen MR) is 68.6 cm³/mol. The van der Waals surface area contributed by atoms with E-state index in [0.29, 0.717) is 17.1 Å². The molecule has 0 fully saturated rings. The molecular weight excluding hydrogens is 252 g/mol. The van der Waals surface area contributed by atoms with Gasteiger partial charge in [0.2, 0.25) is 17.2 Å². The van der Waals surface area contributed by atoms with Crippen LogP contribution in [0.25, 0.3) is 17.0 Å². The predicted octanol–water partition coefficient (Wildman–Crippen LogP) is 1.75. The van der Waals surface area contributed by atoms with E-state index in [2.05, 4.69) is 19.9 Å². The normalized spacial score (nSPS) is 11.0. The first-order chi connectivity index (χ1) is 8.65. The molecular formula is C11H9ClN6. The largest absolute Gasteiger partial charge is 0.368 e. The molecule has 0 radical (unpaired) electrons. The van der Waals surface area contributed by atoms with Gasteiger partial charge in [0.15, 0.2) is 0 Å². The number of nitrogens with zero attached hydrogens (tertiary/aromatic N) is 5. The standard InChI is InChI=1S/C11H9ClN6/c1-6-14-10(13)17-11(15-6)18-8-5-3-2-4-7(8)16-9(18)12/h2-5H,1H3,(H2,13,14,15,17). The number of aromatic nitrogens is 5. The number of hydrogen-bond donors (Lipinski definition) is 1.